The molecule has 0 aliphatic heterocycles. The third kappa shape index (κ3) is 6.71. The average molecular weight is 638 g/mol. The molecule has 0 N–H and O–H groups in total. The van der Waals surface area contributed by atoms with Crippen LogP contribution in [0.2, 0.25) is 0 Å². The third-order valence-electron chi connectivity index (χ3n) is 2.87. The number of rotatable bonds is 5. The number of hydrogen-bond donors (Lipinski definition) is 0. The van der Waals surface area contributed by atoms with Gasteiger partial charge in [0.25, 0.3) is 0 Å². The Balaban J connectivity index is 0.00000288. The van der Waals surface area contributed by atoms with Crippen molar-refractivity contribution in [1.29, 1.82) is 0 Å². The van der Waals surface area contributed by atoms with Gasteiger partial charge in [-0.1, -0.05) is 23.4 Å². The standard InChI is InChI=1S/C16H14IO5S.HI.Zn/c1-3-21-16(18)14-10-12(17)6-9-15(14)22-23(19,20)13-7-4-11(2)5-8-13;;/h4-8,10H,3H2,1-2H3;1H;/p-1. The topological polar surface area (TPSA) is 72.5 Å². The van der Waals surface area contributed by atoms with Crippen LogP contribution in [0.25, 0.3) is 0 Å². The number of ether oxygens (including phenoxy) is 1. The predicted octanol–water partition coefficient (Wildman–Crippen LogP) is 0.752. The quantitative estimate of drug-likeness (QED) is 0.157. The predicted molar refractivity (Wildman–Crippen MR) is 92.5 cm³/mol. The molecule has 131 valence electrons. The summed E-state index contributed by atoms with van der Waals surface area (Å²) in [5, 5.41) is 12.0. The minimum atomic E-state index is -4.06. The summed E-state index contributed by atoms with van der Waals surface area (Å²) >= 11 is 1.99. The molecule has 0 bridgehead atoms. The van der Waals surface area contributed by atoms with Crippen molar-refractivity contribution < 1.29 is 65.9 Å². The molecular formula is C16H14I2O5SZn-. The molecule has 1 aliphatic carbocycles. The Morgan fingerprint density at radius 1 is 1.24 bits per heavy atom. The maximum absolute atomic E-state index is 12.3. The van der Waals surface area contributed by atoms with Crippen LogP contribution in [0.5, 0.6) is 0 Å². The maximum Gasteiger partial charge on any atom is 0.342 e. The van der Waals surface area contributed by atoms with E-state index in [4.69, 9.17) is 8.92 Å². The van der Waals surface area contributed by atoms with E-state index >= 15 is 0 Å². The van der Waals surface area contributed by atoms with Crippen LogP contribution in [-0.4, -0.2) is 15.0 Å². The SMILES string of the molecule is CCOC([O])=C1C=C(I)C=C=C1OS(=O)(=O)c1ccc(C)cc1.[I-].[Zn]. The molecule has 0 spiro atoms. The van der Waals surface area contributed by atoms with E-state index < -0.39 is 16.1 Å². The normalized spacial score (nSPS) is 15.2. The number of allylic oxidation sites excluding steroid dienone is 2. The van der Waals surface area contributed by atoms with Crippen LogP contribution in [0, 0.1) is 6.92 Å². The molecule has 1 radical (unpaired) electrons. The Kier molecular flexibility index (Phi) is 10.6. The van der Waals surface area contributed by atoms with Gasteiger partial charge in [-0.3, -0.25) is 0 Å². The monoisotopic (exact) mass is 636 g/mol. The molecule has 1 aromatic carbocycles. The van der Waals surface area contributed by atoms with Crippen molar-refractivity contribution in [2.75, 3.05) is 6.61 Å². The third-order valence-corrected chi connectivity index (χ3v) is 4.72. The van der Waals surface area contributed by atoms with Crippen molar-refractivity contribution in [3.63, 3.8) is 0 Å². The van der Waals surface area contributed by atoms with Gasteiger partial charge in [0, 0.05) is 23.1 Å². The van der Waals surface area contributed by atoms with Crippen LogP contribution in [0.4, 0.5) is 0 Å². The molecule has 0 amide bonds. The van der Waals surface area contributed by atoms with Crippen molar-refractivity contribution in [2.45, 2.75) is 18.7 Å². The zero-order valence-electron chi connectivity index (χ0n) is 13.6. The maximum atomic E-state index is 12.3. The summed E-state index contributed by atoms with van der Waals surface area (Å²) in [5.74, 6) is -0.833. The van der Waals surface area contributed by atoms with Gasteiger partial charge >= 0.3 is 16.1 Å². The molecule has 5 nitrogen and oxygen atoms in total. The van der Waals surface area contributed by atoms with E-state index in [9.17, 15) is 13.5 Å². The summed E-state index contributed by atoms with van der Waals surface area (Å²) in [6.45, 7) is 3.69. The summed E-state index contributed by atoms with van der Waals surface area (Å²) in [4.78, 5) is 0.00450. The van der Waals surface area contributed by atoms with E-state index in [2.05, 4.69) is 5.73 Å². The molecular weight excluding hydrogens is 623 g/mol. The molecule has 1 aromatic rings. The van der Waals surface area contributed by atoms with Crippen molar-refractivity contribution in [3.8, 4) is 0 Å². The van der Waals surface area contributed by atoms with Crippen molar-refractivity contribution >= 4 is 32.7 Å². The largest absolute Gasteiger partial charge is 1.00 e. The first-order valence-corrected chi connectivity index (χ1v) is 9.21. The van der Waals surface area contributed by atoms with Gasteiger partial charge in [0.1, 0.15) is 10.5 Å². The van der Waals surface area contributed by atoms with Crippen molar-refractivity contribution in [2.24, 2.45) is 0 Å². The Labute approximate surface area is 190 Å². The van der Waals surface area contributed by atoms with Crippen LogP contribution in [0.15, 0.2) is 67.9 Å². The zero-order chi connectivity index (χ0) is 17.0. The Hall–Kier alpha value is -0.347. The molecule has 0 atom stereocenters. The molecule has 25 heavy (non-hydrogen) atoms. The van der Waals surface area contributed by atoms with Crippen LogP contribution in [-0.2, 0) is 43.6 Å². The first-order chi connectivity index (χ1) is 10.8. The van der Waals surface area contributed by atoms with Crippen molar-refractivity contribution in [3.05, 3.63) is 68.6 Å². The van der Waals surface area contributed by atoms with Crippen LogP contribution in [0.3, 0.4) is 0 Å². The molecule has 0 saturated heterocycles. The first kappa shape index (κ1) is 24.7. The van der Waals surface area contributed by atoms with Crippen LogP contribution >= 0.6 is 22.6 Å². The van der Waals surface area contributed by atoms with Gasteiger partial charge in [0.2, 0.25) is 0 Å². The summed E-state index contributed by atoms with van der Waals surface area (Å²) in [6, 6.07) is 6.23. The van der Waals surface area contributed by atoms with Crippen LogP contribution < -0.4 is 24.0 Å². The van der Waals surface area contributed by atoms with Crippen LogP contribution in [0.1, 0.15) is 12.5 Å². The van der Waals surface area contributed by atoms with Crippen molar-refractivity contribution in [1.82, 2.24) is 0 Å². The molecule has 9 heteroatoms. The minimum Gasteiger partial charge on any atom is -1.00 e. The number of aryl methyl sites for hydroxylation is 1. The summed E-state index contributed by atoms with van der Waals surface area (Å²) in [5.41, 5.74) is 3.62. The molecule has 0 fully saturated rings. The van der Waals surface area contributed by atoms with E-state index in [1.54, 1.807) is 19.1 Å². The van der Waals surface area contributed by atoms with E-state index in [0.29, 0.717) is 3.58 Å². The van der Waals surface area contributed by atoms with Gasteiger partial charge in [0.15, 0.2) is 5.76 Å². The van der Waals surface area contributed by atoms with E-state index in [0.717, 1.165) is 5.56 Å². The minimum absolute atomic E-state index is 0. The average Bonchev–Trinajstić information content (AvgIpc) is 2.49. The van der Waals surface area contributed by atoms with Gasteiger partial charge < -0.3 is 32.9 Å². The van der Waals surface area contributed by atoms with Gasteiger partial charge in [-0.05, 0) is 60.7 Å². The molecule has 1 aliphatic rings. The fraction of sp³-hybridized carbons (Fsp3) is 0.188. The summed E-state index contributed by atoms with van der Waals surface area (Å²) in [7, 11) is -4.06. The molecule has 2 rings (SSSR count). The fourth-order valence-corrected chi connectivity index (χ4v) is 3.14. The Morgan fingerprint density at radius 3 is 2.40 bits per heavy atom. The van der Waals surface area contributed by atoms with E-state index in [-0.39, 0.29) is 66.3 Å². The van der Waals surface area contributed by atoms with Gasteiger partial charge in [-0.15, -0.1) is 0 Å². The second kappa shape index (κ2) is 10.7. The Bertz CT molecular complexity index is 836. The van der Waals surface area contributed by atoms with E-state index in [1.807, 2.05) is 29.5 Å². The number of benzene rings is 1. The molecule has 0 unspecified atom stereocenters. The molecule has 0 aromatic heterocycles. The van der Waals surface area contributed by atoms with E-state index in [1.165, 1.54) is 24.3 Å². The van der Waals surface area contributed by atoms with Gasteiger partial charge in [-0.2, -0.15) is 8.42 Å². The number of halogens is 2. The molecule has 0 saturated carbocycles. The summed E-state index contributed by atoms with van der Waals surface area (Å²) < 4.78 is 35.4. The first-order valence-electron chi connectivity index (χ1n) is 6.73. The smallest absolute Gasteiger partial charge is 0.342 e. The zero-order valence-corrected chi connectivity index (χ0v) is 21.7. The Morgan fingerprint density at radius 2 is 1.84 bits per heavy atom. The molecule has 0 heterocycles. The van der Waals surface area contributed by atoms with Gasteiger partial charge in [0.05, 0.1) is 6.61 Å². The van der Waals surface area contributed by atoms with Gasteiger partial charge in [-0.25, -0.2) is 5.11 Å². The number of hydrogen-bond acceptors (Lipinski definition) is 4. The second-order valence-corrected chi connectivity index (χ2v) is 7.42. The summed E-state index contributed by atoms with van der Waals surface area (Å²) in [6.07, 6.45) is 3.03. The second-order valence-electron chi connectivity index (χ2n) is 4.63. The fourth-order valence-electron chi connectivity index (χ4n) is 1.75.